The minimum absolute atomic E-state index is 0.0501. The zero-order chi connectivity index (χ0) is 19.5. The zero-order valence-corrected chi connectivity index (χ0v) is 15.6. The molecule has 2 aromatic carbocycles. The number of carbonyl (C=O) groups excluding carboxylic acids is 2. The van der Waals surface area contributed by atoms with Crippen LogP contribution in [-0.2, 0) is 11.4 Å². The highest BCUT2D eigenvalue weighted by Crippen LogP contribution is 2.24. The standard InChI is InChI=1S/C22H23N3O3/c23-21(26)16-8-10-25(11-9-16)22(27)20-12-17-6-7-18(13-19(17)24-20)28-14-15-4-2-1-3-5-15/h1-7,12-13,16,24H,8-11,14H2,(H2,23,26). The lowest BCUT2D eigenvalue weighted by Crippen LogP contribution is -2.41. The number of carbonyl (C=O) groups is 2. The van der Waals surface area contributed by atoms with Crippen molar-refractivity contribution in [2.45, 2.75) is 19.4 Å². The van der Waals surface area contributed by atoms with E-state index in [9.17, 15) is 9.59 Å². The molecule has 28 heavy (non-hydrogen) atoms. The van der Waals surface area contributed by atoms with E-state index in [0.717, 1.165) is 22.2 Å². The van der Waals surface area contributed by atoms with Gasteiger partial charge in [0.1, 0.15) is 18.1 Å². The van der Waals surface area contributed by atoms with Crippen LogP contribution in [0.1, 0.15) is 28.9 Å². The Morgan fingerprint density at radius 2 is 1.82 bits per heavy atom. The first-order valence-corrected chi connectivity index (χ1v) is 9.48. The van der Waals surface area contributed by atoms with Crippen molar-refractivity contribution in [1.29, 1.82) is 0 Å². The van der Waals surface area contributed by atoms with Gasteiger partial charge in [-0.25, -0.2) is 0 Å². The van der Waals surface area contributed by atoms with E-state index < -0.39 is 0 Å². The molecule has 2 heterocycles. The molecule has 1 saturated heterocycles. The Balaban J connectivity index is 1.44. The number of benzene rings is 2. The van der Waals surface area contributed by atoms with Crippen LogP contribution in [0.15, 0.2) is 54.6 Å². The van der Waals surface area contributed by atoms with Gasteiger partial charge in [0.2, 0.25) is 5.91 Å². The summed E-state index contributed by atoms with van der Waals surface area (Å²) < 4.78 is 5.86. The monoisotopic (exact) mass is 377 g/mol. The fourth-order valence-electron chi connectivity index (χ4n) is 3.59. The fourth-order valence-corrected chi connectivity index (χ4v) is 3.59. The van der Waals surface area contributed by atoms with Gasteiger partial charge in [0.15, 0.2) is 0 Å². The number of hydrogen-bond donors (Lipinski definition) is 2. The maximum absolute atomic E-state index is 12.8. The molecular weight excluding hydrogens is 354 g/mol. The van der Waals surface area contributed by atoms with Crippen molar-refractivity contribution < 1.29 is 14.3 Å². The van der Waals surface area contributed by atoms with Crippen molar-refractivity contribution in [1.82, 2.24) is 9.88 Å². The summed E-state index contributed by atoms with van der Waals surface area (Å²) in [5, 5.41) is 0.961. The van der Waals surface area contributed by atoms with Crippen molar-refractivity contribution in [3.05, 3.63) is 65.9 Å². The highest BCUT2D eigenvalue weighted by molar-refractivity contribution is 5.98. The number of nitrogens with zero attached hydrogens (tertiary/aromatic N) is 1. The van der Waals surface area contributed by atoms with Gasteiger partial charge in [-0.3, -0.25) is 9.59 Å². The number of nitrogens with one attached hydrogen (secondary N) is 1. The van der Waals surface area contributed by atoms with Crippen molar-refractivity contribution in [2.75, 3.05) is 13.1 Å². The molecule has 4 rings (SSSR count). The predicted octanol–water partition coefficient (Wildman–Crippen LogP) is 3.08. The number of hydrogen-bond acceptors (Lipinski definition) is 3. The van der Waals surface area contributed by atoms with Gasteiger partial charge in [-0.15, -0.1) is 0 Å². The van der Waals surface area contributed by atoms with Crippen molar-refractivity contribution in [2.24, 2.45) is 11.7 Å². The molecule has 0 unspecified atom stereocenters. The third kappa shape index (κ3) is 3.86. The molecule has 0 bridgehead atoms. The van der Waals surface area contributed by atoms with Gasteiger partial charge in [-0.2, -0.15) is 0 Å². The Bertz CT molecular complexity index is 989. The first-order valence-electron chi connectivity index (χ1n) is 9.48. The van der Waals surface area contributed by atoms with Gasteiger partial charge in [0, 0.05) is 36.0 Å². The molecule has 1 aromatic heterocycles. The van der Waals surface area contributed by atoms with Crippen LogP contribution in [0.5, 0.6) is 5.75 Å². The van der Waals surface area contributed by atoms with E-state index in [0.29, 0.717) is 38.2 Å². The van der Waals surface area contributed by atoms with E-state index in [1.54, 1.807) is 4.90 Å². The van der Waals surface area contributed by atoms with Crippen LogP contribution in [0.25, 0.3) is 10.9 Å². The Morgan fingerprint density at radius 3 is 2.54 bits per heavy atom. The molecule has 3 aromatic rings. The minimum Gasteiger partial charge on any atom is -0.489 e. The smallest absolute Gasteiger partial charge is 0.270 e. The lowest BCUT2D eigenvalue weighted by atomic mass is 9.96. The van der Waals surface area contributed by atoms with Crippen LogP contribution in [0.3, 0.4) is 0 Å². The number of amides is 2. The summed E-state index contributed by atoms with van der Waals surface area (Å²) in [5.74, 6) is 0.294. The maximum Gasteiger partial charge on any atom is 0.270 e. The van der Waals surface area contributed by atoms with Crippen molar-refractivity contribution in [3.63, 3.8) is 0 Å². The largest absolute Gasteiger partial charge is 0.489 e. The Morgan fingerprint density at radius 1 is 1.07 bits per heavy atom. The lowest BCUT2D eigenvalue weighted by molar-refractivity contribution is -0.123. The van der Waals surface area contributed by atoms with E-state index >= 15 is 0 Å². The van der Waals surface area contributed by atoms with Gasteiger partial charge >= 0.3 is 0 Å². The summed E-state index contributed by atoms with van der Waals surface area (Å²) >= 11 is 0. The van der Waals surface area contributed by atoms with Crippen LogP contribution >= 0.6 is 0 Å². The quantitative estimate of drug-likeness (QED) is 0.716. The highest BCUT2D eigenvalue weighted by atomic mass is 16.5. The molecule has 1 fully saturated rings. The van der Waals surface area contributed by atoms with Gasteiger partial charge in [-0.1, -0.05) is 30.3 Å². The fraction of sp³-hybridized carbons (Fsp3) is 0.273. The van der Waals surface area contributed by atoms with E-state index in [-0.39, 0.29) is 17.7 Å². The molecular formula is C22H23N3O3. The summed E-state index contributed by atoms with van der Waals surface area (Å²) in [5.41, 5.74) is 7.88. The third-order valence-electron chi connectivity index (χ3n) is 5.26. The number of ether oxygens (including phenoxy) is 1. The molecule has 144 valence electrons. The number of aromatic amines is 1. The highest BCUT2D eigenvalue weighted by Gasteiger charge is 2.27. The normalized spacial score (nSPS) is 14.9. The van der Waals surface area contributed by atoms with Gasteiger partial charge in [0.25, 0.3) is 5.91 Å². The van der Waals surface area contributed by atoms with Gasteiger partial charge < -0.3 is 20.4 Å². The van der Waals surface area contributed by atoms with E-state index in [4.69, 9.17) is 10.5 Å². The molecule has 6 nitrogen and oxygen atoms in total. The number of aromatic nitrogens is 1. The number of nitrogens with two attached hydrogens (primary N) is 1. The Kier molecular flexibility index (Phi) is 5.02. The summed E-state index contributed by atoms with van der Waals surface area (Å²) in [7, 11) is 0. The molecule has 0 spiro atoms. The molecule has 0 atom stereocenters. The molecule has 0 radical (unpaired) electrons. The van der Waals surface area contributed by atoms with Crippen molar-refractivity contribution >= 4 is 22.7 Å². The molecule has 3 N–H and O–H groups in total. The number of fused-ring (bicyclic) bond motifs is 1. The van der Waals surface area contributed by atoms with E-state index in [2.05, 4.69) is 4.98 Å². The summed E-state index contributed by atoms with van der Waals surface area (Å²) in [6.07, 6.45) is 1.25. The Hall–Kier alpha value is -3.28. The molecule has 1 aliphatic rings. The first kappa shape index (κ1) is 18.1. The molecule has 0 saturated carbocycles. The number of likely N-dealkylation sites (tertiary alicyclic amines) is 1. The second-order valence-corrected chi connectivity index (χ2v) is 7.18. The number of H-pyrrole nitrogens is 1. The predicted molar refractivity (Wildman–Crippen MR) is 107 cm³/mol. The average molecular weight is 377 g/mol. The number of primary amides is 1. The second kappa shape index (κ2) is 7.76. The second-order valence-electron chi connectivity index (χ2n) is 7.18. The summed E-state index contributed by atoms with van der Waals surface area (Å²) in [6, 6.07) is 17.6. The first-order chi connectivity index (χ1) is 13.6. The van der Waals surface area contributed by atoms with Crippen LogP contribution in [0, 0.1) is 5.92 Å². The van der Waals surface area contributed by atoms with E-state index in [1.165, 1.54) is 0 Å². The third-order valence-corrected chi connectivity index (χ3v) is 5.26. The SMILES string of the molecule is NC(=O)C1CCN(C(=O)c2cc3ccc(OCc4ccccc4)cc3[nH]2)CC1. The number of piperidine rings is 1. The topological polar surface area (TPSA) is 88.4 Å². The number of rotatable bonds is 5. The molecule has 0 aliphatic carbocycles. The van der Waals surface area contributed by atoms with Crippen LogP contribution in [-0.4, -0.2) is 34.8 Å². The van der Waals surface area contributed by atoms with Crippen LogP contribution in [0.4, 0.5) is 0 Å². The zero-order valence-electron chi connectivity index (χ0n) is 15.6. The van der Waals surface area contributed by atoms with Crippen molar-refractivity contribution in [3.8, 4) is 5.75 Å². The van der Waals surface area contributed by atoms with E-state index in [1.807, 2.05) is 54.6 Å². The van der Waals surface area contributed by atoms with Crippen LogP contribution < -0.4 is 10.5 Å². The molecule has 6 heteroatoms. The summed E-state index contributed by atoms with van der Waals surface area (Å²) in [6.45, 7) is 1.59. The van der Waals surface area contributed by atoms with Gasteiger partial charge in [-0.05, 0) is 36.6 Å². The minimum atomic E-state index is -0.277. The maximum atomic E-state index is 12.8. The lowest BCUT2D eigenvalue weighted by Gasteiger charge is -2.30. The van der Waals surface area contributed by atoms with Gasteiger partial charge in [0.05, 0.1) is 0 Å². The Labute approximate surface area is 163 Å². The molecule has 1 aliphatic heterocycles. The van der Waals surface area contributed by atoms with Crippen LogP contribution in [0.2, 0.25) is 0 Å². The molecule has 2 amide bonds. The summed E-state index contributed by atoms with van der Waals surface area (Å²) in [4.78, 5) is 29.1. The average Bonchev–Trinajstić information content (AvgIpc) is 3.16.